The van der Waals surface area contributed by atoms with Crippen LogP contribution in [0.15, 0.2) is 101 Å². The summed E-state index contributed by atoms with van der Waals surface area (Å²) in [6, 6.07) is 27.3. The van der Waals surface area contributed by atoms with Crippen LogP contribution in [0.5, 0.6) is 0 Å². The van der Waals surface area contributed by atoms with E-state index in [0.717, 1.165) is 48.6 Å². The molecule has 1 atom stereocenters. The molecule has 7 heteroatoms. The highest BCUT2D eigenvalue weighted by atomic mass is 32.2. The average Bonchev–Trinajstić information content (AvgIpc) is 3.41. The van der Waals surface area contributed by atoms with Crippen molar-refractivity contribution in [2.24, 2.45) is 5.92 Å². The number of hydrogen-bond acceptors (Lipinski definition) is 4. The summed E-state index contributed by atoms with van der Waals surface area (Å²) in [5.74, 6) is -0.426. The predicted octanol–water partition coefficient (Wildman–Crippen LogP) is 6.76. The summed E-state index contributed by atoms with van der Waals surface area (Å²) in [6.45, 7) is 10.8. The number of benzene rings is 3. The summed E-state index contributed by atoms with van der Waals surface area (Å²) in [7, 11) is -7.01. The number of ether oxygens (including phenoxy) is 1. The fraction of sp³-hybridized carbons (Fsp3) is 0.417. The average molecular weight is 616 g/mol. The fourth-order valence-electron chi connectivity index (χ4n) is 7.58. The maximum atomic E-state index is 14.8. The van der Waals surface area contributed by atoms with Gasteiger partial charge in [0.15, 0.2) is 8.07 Å². The molecule has 228 valence electrons. The summed E-state index contributed by atoms with van der Waals surface area (Å²) in [4.78, 5) is 14.1. The van der Waals surface area contributed by atoms with Crippen molar-refractivity contribution in [3.05, 3.63) is 101 Å². The van der Waals surface area contributed by atoms with Crippen molar-refractivity contribution in [3.63, 3.8) is 0 Å². The van der Waals surface area contributed by atoms with Crippen LogP contribution in [0, 0.1) is 12.8 Å². The van der Waals surface area contributed by atoms with Crippen molar-refractivity contribution < 1.29 is 17.9 Å². The van der Waals surface area contributed by atoms with Gasteiger partial charge in [0.25, 0.3) is 10.0 Å². The molecule has 0 unspecified atom stereocenters. The molecule has 43 heavy (non-hydrogen) atoms. The largest absolute Gasteiger partial charge is 0.464 e. The summed E-state index contributed by atoms with van der Waals surface area (Å²) < 4.78 is 36.8. The van der Waals surface area contributed by atoms with Gasteiger partial charge in [0.2, 0.25) is 0 Å². The van der Waals surface area contributed by atoms with Gasteiger partial charge in [-0.25, -0.2) is 13.2 Å². The Morgan fingerprint density at radius 2 is 1.40 bits per heavy atom. The van der Waals surface area contributed by atoms with E-state index in [2.05, 4.69) is 69.3 Å². The van der Waals surface area contributed by atoms with Crippen molar-refractivity contribution in [2.75, 3.05) is 6.61 Å². The molecule has 0 aromatic heterocycles. The molecule has 1 aliphatic carbocycles. The Kier molecular flexibility index (Phi) is 9.05. The van der Waals surface area contributed by atoms with Gasteiger partial charge in [-0.15, -0.1) is 0 Å². The van der Waals surface area contributed by atoms with Crippen LogP contribution < -0.4 is 10.4 Å². The van der Waals surface area contributed by atoms with E-state index in [4.69, 9.17) is 4.74 Å². The first kappa shape index (κ1) is 31.3. The molecule has 0 N–H and O–H groups in total. The molecule has 0 bridgehead atoms. The second kappa shape index (κ2) is 12.4. The van der Waals surface area contributed by atoms with Gasteiger partial charge in [0, 0.05) is 5.70 Å². The Labute approximate surface area is 259 Å². The zero-order chi connectivity index (χ0) is 30.8. The third-order valence-electron chi connectivity index (χ3n) is 9.35. The van der Waals surface area contributed by atoms with E-state index in [1.165, 1.54) is 14.7 Å². The molecule has 0 saturated heterocycles. The minimum absolute atomic E-state index is 0.0463. The molecule has 0 amide bonds. The second-order valence-corrected chi connectivity index (χ2v) is 19.6. The highest BCUT2D eigenvalue weighted by Gasteiger charge is 2.58. The number of sulfonamides is 1. The molecular weight excluding hydrogens is 571 g/mol. The molecule has 5 nitrogen and oxygen atoms in total. The van der Waals surface area contributed by atoms with E-state index < -0.39 is 30.1 Å². The highest BCUT2D eigenvalue weighted by molar-refractivity contribution is 7.89. The Morgan fingerprint density at radius 1 is 0.860 bits per heavy atom. The number of carbonyl (C=O) groups is 1. The smallest absolute Gasteiger partial charge is 0.330 e. The summed E-state index contributed by atoms with van der Waals surface area (Å²) >= 11 is 0. The third kappa shape index (κ3) is 5.62. The zero-order valence-electron chi connectivity index (χ0n) is 26.2. The van der Waals surface area contributed by atoms with E-state index in [9.17, 15) is 13.2 Å². The van der Waals surface area contributed by atoms with Gasteiger partial charge in [-0.3, -0.25) is 4.31 Å². The second-order valence-electron chi connectivity index (χ2n) is 13.0. The lowest BCUT2D eigenvalue weighted by molar-refractivity contribution is -0.146. The Hall–Kier alpha value is -3.16. The Morgan fingerprint density at radius 3 is 1.88 bits per heavy atom. The minimum Gasteiger partial charge on any atom is -0.464 e. The Balaban J connectivity index is 1.90. The highest BCUT2D eigenvalue weighted by Crippen LogP contribution is 2.51. The van der Waals surface area contributed by atoms with Crippen LogP contribution in [0.25, 0.3) is 0 Å². The van der Waals surface area contributed by atoms with Crippen molar-refractivity contribution in [1.82, 2.24) is 4.31 Å². The van der Waals surface area contributed by atoms with Crippen LogP contribution in [-0.4, -0.2) is 39.4 Å². The SMILES string of the molecule is CCOC(=O)[C@@H]1CC([Si](c2ccccc2)(c2ccccc2)C(C)(C)C)=C(C2CCCCC2)N1S(=O)(=O)c1ccc(C)cc1. The number of hydrogen-bond donors (Lipinski definition) is 0. The molecule has 1 heterocycles. The van der Waals surface area contributed by atoms with E-state index in [1.807, 2.05) is 31.2 Å². The molecule has 1 saturated carbocycles. The maximum Gasteiger partial charge on any atom is 0.330 e. The van der Waals surface area contributed by atoms with Gasteiger partial charge >= 0.3 is 5.97 Å². The molecular formula is C36H45NO4SSi. The lowest BCUT2D eigenvalue weighted by Gasteiger charge is -2.46. The number of nitrogens with zero attached hydrogens (tertiary/aromatic N) is 1. The van der Waals surface area contributed by atoms with Crippen LogP contribution in [0.3, 0.4) is 0 Å². The Bertz CT molecular complexity index is 1520. The topological polar surface area (TPSA) is 63.7 Å². The molecule has 1 fully saturated rings. The molecule has 3 aromatic carbocycles. The van der Waals surface area contributed by atoms with Gasteiger partial charge < -0.3 is 4.74 Å². The number of esters is 1. The number of aryl methyl sites for hydroxylation is 1. The first-order chi connectivity index (χ1) is 20.5. The lowest BCUT2D eigenvalue weighted by atomic mass is 9.87. The van der Waals surface area contributed by atoms with E-state index in [-0.39, 0.29) is 22.5 Å². The van der Waals surface area contributed by atoms with Crippen molar-refractivity contribution in [2.45, 2.75) is 89.1 Å². The first-order valence-corrected chi connectivity index (χ1v) is 19.1. The van der Waals surface area contributed by atoms with Crippen LogP contribution in [0.1, 0.15) is 71.8 Å². The quantitative estimate of drug-likeness (QED) is 0.208. The van der Waals surface area contributed by atoms with E-state index in [1.54, 1.807) is 19.1 Å². The monoisotopic (exact) mass is 615 g/mol. The molecule has 1 aliphatic heterocycles. The van der Waals surface area contributed by atoms with Gasteiger partial charge in [-0.1, -0.05) is 118 Å². The van der Waals surface area contributed by atoms with Gasteiger partial charge in [0.05, 0.1) is 11.5 Å². The minimum atomic E-state index is -4.07. The molecule has 3 aromatic rings. The number of allylic oxidation sites excluding steroid dienone is 1. The third-order valence-corrected chi connectivity index (χ3v) is 17.2. The predicted molar refractivity (Wildman–Crippen MR) is 176 cm³/mol. The fourth-order valence-corrected chi connectivity index (χ4v) is 15.6. The van der Waals surface area contributed by atoms with Crippen molar-refractivity contribution in [1.29, 1.82) is 0 Å². The lowest BCUT2D eigenvalue weighted by Crippen LogP contribution is -2.66. The van der Waals surface area contributed by atoms with Crippen molar-refractivity contribution in [3.8, 4) is 0 Å². The van der Waals surface area contributed by atoms with Crippen LogP contribution in [-0.2, 0) is 19.6 Å². The van der Waals surface area contributed by atoms with Gasteiger partial charge in [0.1, 0.15) is 6.04 Å². The number of carbonyl (C=O) groups excluding carboxylic acids is 1. The number of rotatable bonds is 8. The summed E-state index contributed by atoms with van der Waals surface area (Å²) in [5.41, 5.74) is 1.84. The normalized spacial score (nSPS) is 18.6. The first-order valence-electron chi connectivity index (χ1n) is 15.7. The maximum absolute atomic E-state index is 14.8. The van der Waals surface area contributed by atoms with Crippen LogP contribution in [0.2, 0.25) is 5.04 Å². The standard InChI is InChI=1S/C36H45NO4SSi/c1-6-41-35(38)32-26-33(43(36(3,4)5,30-18-12-8-13-19-30)31-20-14-9-15-21-31)34(28-16-10-7-11-17-28)37(32)42(39,40)29-24-22-27(2)23-25-29/h8-9,12-15,18-25,28,32H,6-7,10-11,16-17,26H2,1-5H3/t32-/m0/s1. The zero-order valence-corrected chi connectivity index (χ0v) is 28.0. The summed E-state index contributed by atoms with van der Waals surface area (Å²) in [6.07, 6.45) is 5.39. The van der Waals surface area contributed by atoms with Gasteiger partial charge in [-0.05, 0) is 71.8 Å². The molecule has 2 aliphatic rings. The van der Waals surface area contributed by atoms with E-state index in [0.29, 0.717) is 6.42 Å². The molecule has 0 spiro atoms. The van der Waals surface area contributed by atoms with Gasteiger partial charge in [-0.2, -0.15) is 0 Å². The van der Waals surface area contributed by atoms with E-state index >= 15 is 0 Å². The van der Waals surface area contributed by atoms with Crippen molar-refractivity contribution >= 4 is 34.4 Å². The van der Waals surface area contributed by atoms with Crippen LogP contribution in [0.4, 0.5) is 0 Å². The molecule has 5 rings (SSSR count). The van der Waals surface area contributed by atoms with Crippen LogP contribution >= 0.6 is 0 Å². The summed E-state index contributed by atoms with van der Waals surface area (Å²) in [5, 5.41) is 3.37. The molecule has 0 radical (unpaired) electrons.